The first kappa shape index (κ1) is 31.5. The molecule has 0 aliphatic rings. The van der Waals surface area contributed by atoms with Crippen LogP contribution in [0.2, 0.25) is 0 Å². The van der Waals surface area contributed by atoms with Gasteiger partial charge in [-0.3, -0.25) is 0 Å². The van der Waals surface area contributed by atoms with Crippen molar-refractivity contribution in [3.8, 4) is 23.0 Å². The Morgan fingerprint density at radius 1 is 0.255 bits per heavy atom. The van der Waals surface area contributed by atoms with E-state index in [1.807, 2.05) is 48.5 Å². The predicted molar refractivity (Wildman–Crippen MR) is 189 cm³/mol. The molecule has 0 aliphatic heterocycles. The highest BCUT2D eigenvalue weighted by Gasteiger charge is 2.34. The molecule has 0 aliphatic carbocycles. The Labute approximate surface area is 276 Å². The van der Waals surface area contributed by atoms with Crippen LogP contribution in [0.15, 0.2) is 146 Å². The number of aromatic hydroxyl groups is 4. The molecule has 6 aromatic rings. The van der Waals surface area contributed by atoms with Crippen LogP contribution in [0.25, 0.3) is 0 Å². The average molecular weight is 621 g/mol. The fourth-order valence-corrected chi connectivity index (χ4v) is 6.79. The van der Waals surface area contributed by atoms with Crippen molar-refractivity contribution in [2.45, 2.75) is 43.9 Å². The van der Waals surface area contributed by atoms with E-state index in [-0.39, 0.29) is 28.4 Å². The maximum atomic E-state index is 9.98. The molecule has 0 fully saturated rings. The van der Waals surface area contributed by atoms with Crippen LogP contribution in [0.4, 0.5) is 0 Å². The number of hydrogen-bond donors (Lipinski definition) is 4. The molecule has 0 unspecified atom stereocenters. The molecule has 6 aromatic carbocycles. The second-order valence-electron chi connectivity index (χ2n) is 13.2. The molecule has 0 atom stereocenters. The van der Waals surface area contributed by atoms with Gasteiger partial charge in [0.25, 0.3) is 0 Å². The maximum absolute atomic E-state index is 9.98. The van der Waals surface area contributed by atoms with Gasteiger partial charge in [0.1, 0.15) is 23.0 Å². The zero-order valence-corrected chi connectivity index (χ0v) is 27.1. The number of hydrogen-bond acceptors (Lipinski definition) is 4. The van der Waals surface area contributed by atoms with Crippen molar-refractivity contribution < 1.29 is 20.4 Å². The average Bonchev–Trinajstić information content (AvgIpc) is 3.09. The number of phenols is 4. The molecule has 236 valence electrons. The zero-order chi connectivity index (χ0) is 33.4. The van der Waals surface area contributed by atoms with Crippen molar-refractivity contribution >= 4 is 0 Å². The minimum atomic E-state index is -0.515. The highest BCUT2D eigenvalue weighted by molar-refractivity contribution is 5.54. The van der Waals surface area contributed by atoms with Crippen molar-refractivity contribution in [1.82, 2.24) is 0 Å². The van der Waals surface area contributed by atoms with Crippen LogP contribution in [0.1, 0.15) is 72.2 Å². The van der Waals surface area contributed by atoms with Crippen LogP contribution in [-0.4, -0.2) is 20.4 Å². The summed E-state index contributed by atoms with van der Waals surface area (Å²) in [5.74, 6) is 0.875. The van der Waals surface area contributed by atoms with E-state index in [1.54, 1.807) is 48.5 Å². The van der Waals surface area contributed by atoms with Gasteiger partial charge < -0.3 is 20.4 Å². The molecule has 6 rings (SSSR count). The Kier molecular flexibility index (Phi) is 8.07. The van der Waals surface area contributed by atoms with E-state index in [9.17, 15) is 20.4 Å². The lowest BCUT2D eigenvalue weighted by molar-refractivity contribution is 0.473. The molecule has 0 bridgehead atoms. The van der Waals surface area contributed by atoms with Gasteiger partial charge in [-0.25, -0.2) is 0 Å². The first-order chi connectivity index (χ1) is 22.4. The first-order valence-corrected chi connectivity index (χ1v) is 15.8. The van der Waals surface area contributed by atoms with Crippen LogP contribution < -0.4 is 0 Å². The van der Waals surface area contributed by atoms with Crippen molar-refractivity contribution in [3.63, 3.8) is 0 Å². The summed E-state index contributed by atoms with van der Waals surface area (Å²) < 4.78 is 0. The minimum Gasteiger partial charge on any atom is -0.508 e. The zero-order valence-electron chi connectivity index (χ0n) is 27.1. The lowest BCUT2D eigenvalue weighted by atomic mass is 9.69. The summed E-state index contributed by atoms with van der Waals surface area (Å²) >= 11 is 0. The molecular weight excluding hydrogens is 580 g/mol. The summed E-state index contributed by atoms with van der Waals surface area (Å²) in [6.45, 7) is 8.80. The van der Waals surface area contributed by atoms with E-state index in [1.165, 1.54) is 11.1 Å². The van der Waals surface area contributed by atoms with E-state index in [2.05, 4.69) is 76.2 Å². The molecule has 47 heavy (non-hydrogen) atoms. The molecule has 0 saturated heterocycles. The molecule has 0 aromatic heterocycles. The van der Waals surface area contributed by atoms with Crippen molar-refractivity contribution in [2.24, 2.45) is 0 Å². The first-order valence-electron chi connectivity index (χ1n) is 15.8. The third-order valence-electron chi connectivity index (χ3n) is 10.1. The molecule has 0 heterocycles. The highest BCUT2D eigenvalue weighted by Crippen LogP contribution is 2.43. The summed E-state index contributed by atoms with van der Waals surface area (Å²) in [5, 5.41) is 39.9. The van der Waals surface area contributed by atoms with Gasteiger partial charge >= 0.3 is 0 Å². The van der Waals surface area contributed by atoms with E-state index in [0.717, 1.165) is 33.4 Å². The third kappa shape index (κ3) is 5.72. The third-order valence-corrected chi connectivity index (χ3v) is 10.1. The minimum absolute atomic E-state index is 0.219. The van der Waals surface area contributed by atoms with Crippen molar-refractivity contribution in [2.75, 3.05) is 0 Å². The predicted octanol–water partition coefficient (Wildman–Crippen LogP) is 9.54. The van der Waals surface area contributed by atoms with Gasteiger partial charge in [0.15, 0.2) is 0 Å². The smallest absolute Gasteiger partial charge is 0.115 e. The van der Waals surface area contributed by atoms with Gasteiger partial charge in [-0.1, -0.05) is 111 Å². The highest BCUT2D eigenvalue weighted by atomic mass is 16.3. The molecule has 0 amide bonds. The molecule has 4 N–H and O–H groups in total. The quantitative estimate of drug-likeness (QED) is 0.128. The topological polar surface area (TPSA) is 80.9 Å². The summed E-state index contributed by atoms with van der Waals surface area (Å²) in [4.78, 5) is 0. The lowest BCUT2D eigenvalue weighted by Gasteiger charge is -2.34. The lowest BCUT2D eigenvalue weighted by Crippen LogP contribution is -2.26. The van der Waals surface area contributed by atoms with E-state index < -0.39 is 10.8 Å². The van der Waals surface area contributed by atoms with E-state index in [4.69, 9.17) is 0 Å². The van der Waals surface area contributed by atoms with E-state index >= 15 is 0 Å². The summed E-state index contributed by atoms with van der Waals surface area (Å²) in [5.41, 5.74) is 7.37. The van der Waals surface area contributed by atoms with Gasteiger partial charge in [0.05, 0.1) is 0 Å². The fraction of sp³-hybridized carbons (Fsp3) is 0.163. The van der Waals surface area contributed by atoms with Crippen LogP contribution >= 0.6 is 0 Å². The van der Waals surface area contributed by atoms with Crippen LogP contribution in [0.5, 0.6) is 23.0 Å². The van der Waals surface area contributed by atoms with Crippen LogP contribution in [-0.2, 0) is 16.2 Å². The Bertz CT molecular complexity index is 1720. The Hall–Kier alpha value is -5.48. The number of phenolic OH excluding ortho intramolecular Hbond substituents is 4. The van der Waals surface area contributed by atoms with Gasteiger partial charge in [-0.05, 0) is 107 Å². The summed E-state index contributed by atoms with van der Waals surface area (Å²) in [7, 11) is 0. The maximum Gasteiger partial charge on any atom is 0.115 e. The molecule has 0 saturated carbocycles. The van der Waals surface area contributed by atoms with E-state index in [0.29, 0.717) is 0 Å². The molecule has 4 heteroatoms. The van der Waals surface area contributed by atoms with Gasteiger partial charge in [0, 0.05) is 16.2 Å². The second kappa shape index (κ2) is 12.0. The Morgan fingerprint density at radius 2 is 0.404 bits per heavy atom. The fourth-order valence-electron chi connectivity index (χ4n) is 6.79. The van der Waals surface area contributed by atoms with Crippen molar-refractivity contribution in [1.29, 1.82) is 0 Å². The summed E-state index contributed by atoms with van der Waals surface area (Å²) in [6.07, 6.45) is 0. The standard InChI is InChI=1S/C43H40O4/c1-41(2,29-5-9-31(10-6-29)42(3,33-13-21-37(44)22-14-33)34-15-23-38(45)24-16-34)30-7-11-32(12-8-30)43(4,35-17-25-39(46)26-18-35)36-19-27-40(47)28-20-36/h5-28,44-47H,1-4H3. The second-order valence-corrected chi connectivity index (χ2v) is 13.2. The molecule has 4 nitrogen and oxygen atoms in total. The number of benzene rings is 6. The van der Waals surface area contributed by atoms with Crippen molar-refractivity contribution in [3.05, 3.63) is 190 Å². The molecular formula is C43H40O4. The van der Waals surface area contributed by atoms with Gasteiger partial charge in [-0.2, -0.15) is 0 Å². The summed E-state index contributed by atoms with van der Waals surface area (Å²) in [6, 6.07) is 46.8. The largest absolute Gasteiger partial charge is 0.508 e. The monoisotopic (exact) mass is 620 g/mol. The normalized spacial score (nSPS) is 12.2. The van der Waals surface area contributed by atoms with Crippen LogP contribution in [0.3, 0.4) is 0 Å². The SMILES string of the molecule is CC(C)(c1ccc(C(C)(c2ccc(O)cc2)c2ccc(O)cc2)cc1)c1ccc(C(C)(c2ccc(O)cc2)c2ccc(O)cc2)cc1. The molecule has 0 radical (unpaired) electrons. The van der Waals surface area contributed by atoms with Crippen LogP contribution in [0, 0.1) is 0 Å². The number of rotatable bonds is 8. The Balaban J connectivity index is 1.36. The van der Waals surface area contributed by atoms with Gasteiger partial charge in [-0.15, -0.1) is 0 Å². The molecule has 0 spiro atoms. The Morgan fingerprint density at radius 3 is 0.596 bits per heavy atom. The van der Waals surface area contributed by atoms with Gasteiger partial charge in [0.2, 0.25) is 0 Å².